The van der Waals surface area contributed by atoms with Crippen LogP contribution in [-0.2, 0) is 14.0 Å². The van der Waals surface area contributed by atoms with Crippen LogP contribution in [0.25, 0.3) is 0 Å². The fraction of sp³-hybridized carbons (Fsp3) is 0.947. The lowest BCUT2D eigenvalue weighted by Crippen LogP contribution is -2.71. The molecule has 0 saturated heterocycles. The second-order valence-corrected chi connectivity index (χ2v) is 14.9. The van der Waals surface area contributed by atoms with Crippen molar-refractivity contribution in [2.24, 2.45) is 11.3 Å². The van der Waals surface area contributed by atoms with Crippen LogP contribution in [0.4, 0.5) is 26.3 Å². The Labute approximate surface area is 168 Å². The van der Waals surface area contributed by atoms with Crippen molar-refractivity contribution in [1.29, 1.82) is 0 Å². The minimum atomic E-state index is -5.72. The van der Waals surface area contributed by atoms with Crippen LogP contribution < -0.4 is 0 Å². The summed E-state index contributed by atoms with van der Waals surface area (Å²) >= 11 is 0. The van der Waals surface area contributed by atoms with Gasteiger partial charge >= 0.3 is 18.3 Å². The quantitative estimate of drug-likeness (QED) is 0.284. The van der Waals surface area contributed by atoms with Crippen molar-refractivity contribution in [3.63, 3.8) is 0 Å². The van der Waals surface area contributed by atoms with Gasteiger partial charge in [-0.15, -0.1) is 0 Å². The topological polar surface area (TPSA) is 35.5 Å². The SMILES string of the molecule is CC(C)(C)[Si](C)(C)O[C@]12CCCC[C@@]1(C)C[C@H]2C(=O)OC(C(F)(F)F)C(F)(F)F. The van der Waals surface area contributed by atoms with Gasteiger partial charge in [-0.05, 0) is 42.8 Å². The maximum absolute atomic E-state index is 12.9. The Bertz CT molecular complexity index is 625. The second-order valence-electron chi connectivity index (χ2n) is 10.2. The summed E-state index contributed by atoms with van der Waals surface area (Å²) in [5.74, 6) is -2.60. The van der Waals surface area contributed by atoms with E-state index in [2.05, 4.69) is 4.74 Å². The number of esters is 1. The van der Waals surface area contributed by atoms with Crippen LogP contribution in [0.1, 0.15) is 59.8 Å². The molecule has 2 aliphatic carbocycles. The lowest BCUT2D eigenvalue weighted by molar-refractivity contribution is -0.320. The van der Waals surface area contributed by atoms with Crippen LogP contribution >= 0.6 is 0 Å². The minimum Gasteiger partial charge on any atom is -0.442 e. The van der Waals surface area contributed by atoms with E-state index in [0.29, 0.717) is 19.3 Å². The molecule has 170 valence electrons. The average Bonchev–Trinajstić information content (AvgIpc) is 2.48. The number of alkyl halides is 6. The molecule has 29 heavy (non-hydrogen) atoms. The Morgan fingerprint density at radius 2 is 1.48 bits per heavy atom. The Morgan fingerprint density at radius 3 is 1.90 bits per heavy atom. The zero-order chi connectivity index (χ0) is 22.7. The van der Waals surface area contributed by atoms with Gasteiger partial charge in [-0.2, -0.15) is 26.3 Å². The second kappa shape index (κ2) is 7.14. The van der Waals surface area contributed by atoms with Crippen molar-refractivity contribution in [3.05, 3.63) is 0 Å². The smallest absolute Gasteiger partial charge is 0.434 e. The first kappa shape index (κ1) is 24.5. The molecule has 2 saturated carbocycles. The van der Waals surface area contributed by atoms with Gasteiger partial charge in [0.1, 0.15) is 0 Å². The van der Waals surface area contributed by atoms with Gasteiger partial charge in [-0.1, -0.05) is 40.5 Å². The van der Waals surface area contributed by atoms with Crippen LogP contribution in [0.15, 0.2) is 0 Å². The third-order valence-electron chi connectivity index (χ3n) is 7.12. The molecule has 3 nitrogen and oxygen atoms in total. The summed E-state index contributed by atoms with van der Waals surface area (Å²) < 4.78 is 87.9. The molecule has 0 bridgehead atoms. The highest BCUT2D eigenvalue weighted by Gasteiger charge is 2.70. The van der Waals surface area contributed by atoms with E-state index in [9.17, 15) is 31.1 Å². The van der Waals surface area contributed by atoms with Crippen LogP contribution in [0.2, 0.25) is 18.1 Å². The lowest BCUT2D eigenvalue weighted by Gasteiger charge is -2.66. The summed E-state index contributed by atoms with van der Waals surface area (Å²) in [6.07, 6.45) is -12.7. The molecule has 0 aromatic heterocycles. The van der Waals surface area contributed by atoms with Gasteiger partial charge in [-0.3, -0.25) is 4.79 Å². The molecule has 3 atom stereocenters. The Balaban J connectivity index is 2.35. The van der Waals surface area contributed by atoms with Gasteiger partial charge in [-0.25, -0.2) is 0 Å². The van der Waals surface area contributed by atoms with E-state index in [1.165, 1.54) is 0 Å². The summed E-state index contributed by atoms with van der Waals surface area (Å²) in [6.45, 7) is 11.8. The van der Waals surface area contributed by atoms with Gasteiger partial charge in [0.2, 0.25) is 0 Å². The van der Waals surface area contributed by atoms with E-state index in [1.807, 2.05) is 40.8 Å². The number of fused-ring (bicyclic) bond motifs is 1. The predicted molar refractivity (Wildman–Crippen MR) is 97.7 cm³/mol. The van der Waals surface area contributed by atoms with Gasteiger partial charge in [0, 0.05) is 0 Å². The van der Waals surface area contributed by atoms with Gasteiger partial charge in [0.15, 0.2) is 8.32 Å². The van der Waals surface area contributed by atoms with Crippen molar-refractivity contribution < 1.29 is 40.3 Å². The summed E-state index contributed by atoms with van der Waals surface area (Å²) in [4.78, 5) is 12.6. The molecule has 0 heterocycles. The molecule has 2 rings (SSSR count). The highest BCUT2D eigenvalue weighted by molar-refractivity contribution is 6.74. The van der Waals surface area contributed by atoms with E-state index in [-0.39, 0.29) is 11.5 Å². The zero-order valence-corrected chi connectivity index (χ0v) is 18.7. The first-order valence-electron chi connectivity index (χ1n) is 9.81. The third-order valence-corrected chi connectivity index (χ3v) is 11.6. The molecule has 0 aliphatic heterocycles. The van der Waals surface area contributed by atoms with Crippen LogP contribution in [0, 0.1) is 11.3 Å². The molecular formula is C19H30F6O3Si. The molecule has 0 aromatic carbocycles. The maximum Gasteiger partial charge on any atom is 0.434 e. The number of halogens is 6. The fourth-order valence-electron chi connectivity index (χ4n) is 4.42. The van der Waals surface area contributed by atoms with Crippen molar-refractivity contribution in [2.45, 2.75) is 102 Å². The molecule has 0 radical (unpaired) electrons. The van der Waals surface area contributed by atoms with E-state index in [0.717, 1.165) is 6.42 Å². The summed E-state index contributed by atoms with van der Waals surface area (Å²) in [7, 11) is -2.46. The molecule has 0 N–H and O–H groups in total. The standard InChI is InChI=1S/C19H30F6O3Si/c1-15(2,3)29(5,6)28-17-10-8-7-9-16(17,4)11-12(17)13(26)27-14(18(20,21)22)19(23,24)25/h12,14H,7-11H2,1-6H3/t12-,16-,17-/m0/s1. The van der Waals surface area contributed by atoms with Crippen LogP contribution in [-0.4, -0.2) is 38.3 Å². The number of hydrogen-bond donors (Lipinski definition) is 0. The molecule has 0 aromatic rings. The largest absolute Gasteiger partial charge is 0.442 e. The Hall–Kier alpha value is -0.773. The van der Waals surface area contributed by atoms with Crippen molar-refractivity contribution in [1.82, 2.24) is 0 Å². The van der Waals surface area contributed by atoms with E-state index < -0.39 is 49.7 Å². The Kier molecular flexibility index (Phi) is 6.03. The van der Waals surface area contributed by atoms with Gasteiger partial charge in [0.25, 0.3) is 6.10 Å². The normalized spacial score (nSPS) is 31.3. The van der Waals surface area contributed by atoms with Gasteiger partial charge in [0.05, 0.1) is 11.5 Å². The van der Waals surface area contributed by atoms with E-state index in [4.69, 9.17) is 4.43 Å². The zero-order valence-electron chi connectivity index (χ0n) is 17.7. The monoisotopic (exact) mass is 448 g/mol. The average molecular weight is 449 g/mol. The molecular weight excluding hydrogens is 418 g/mol. The predicted octanol–water partition coefficient (Wildman–Crippen LogP) is 6.38. The number of ether oxygens (including phenoxy) is 1. The third kappa shape index (κ3) is 4.33. The summed E-state index contributed by atoms with van der Waals surface area (Å²) in [5, 5.41) is -0.232. The maximum atomic E-state index is 12.9. The highest BCUT2D eigenvalue weighted by atomic mass is 28.4. The highest BCUT2D eigenvalue weighted by Crippen LogP contribution is 2.65. The van der Waals surface area contributed by atoms with Crippen molar-refractivity contribution >= 4 is 14.3 Å². The number of rotatable bonds is 4. The minimum absolute atomic E-state index is 0.170. The first-order valence-corrected chi connectivity index (χ1v) is 12.7. The van der Waals surface area contributed by atoms with Crippen molar-refractivity contribution in [2.75, 3.05) is 0 Å². The number of hydrogen-bond acceptors (Lipinski definition) is 3. The number of carbonyl (C=O) groups is 1. The van der Waals surface area contributed by atoms with Crippen molar-refractivity contribution in [3.8, 4) is 0 Å². The molecule has 10 heteroatoms. The van der Waals surface area contributed by atoms with E-state index in [1.54, 1.807) is 0 Å². The van der Waals surface area contributed by atoms with E-state index >= 15 is 0 Å². The summed E-state index contributed by atoms with van der Waals surface area (Å²) in [5.41, 5.74) is -1.54. The molecule has 2 fully saturated rings. The lowest BCUT2D eigenvalue weighted by atomic mass is 9.46. The van der Waals surface area contributed by atoms with Crippen LogP contribution in [0.3, 0.4) is 0 Å². The Morgan fingerprint density at radius 1 is 1.00 bits per heavy atom. The summed E-state index contributed by atoms with van der Waals surface area (Å²) in [6, 6.07) is 0. The number of carbonyl (C=O) groups excluding carboxylic acids is 1. The molecule has 0 amide bonds. The first-order chi connectivity index (χ1) is 12.8. The van der Waals surface area contributed by atoms with Crippen LogP contribution in [0.5, 0.6) is 0 Å². The molecule has 0 unspecified atom stereocenters. The fourth-order valence-corrected chi connectivity index (χ4v) is 6.12. The van der Waals surface area contributed by atoms with Gasteiger partial charge < -0.3 is 9.16 Å². The molecule has 0 spiro atoms. The molecule has 2 aliphatic rings.